The fraction of sp³-hybridized carbons (Fsp3) is 0.800. The van der Waals surface area contributed by atoms with Crippen LogP contribution in [0.15, 0.2) is 11.1 Å². The summed E-state index contributed by atoms with van der Waals surface area (Å²) in [4.78, 5) is 0. The molecule has 64 valence electrons. The predicted molar refractivity (Wildman–Crippen MR) is 49.4 cm³/mol. The summed E-state index contributed by atoms with van der Waals surface area (Å²) in [5.74, 6) is 0. The fourth-order valence-corrected chi connectivity index (χ4v) is 1.95. The van der Waals surface area contributed by atoms with E-state index in [9.17, 15) is 0 Å². The molecular formula is C10H19N. The van der Waals surface area contributed by atoms with Gasteiger partial charge in [0.1, 0.15) is 0 Å². The second kappa shape index (κ2) is 3.91. The SMILES string of the molecule is CCC(CC)=C1CCC(N)C1. The van der Waals surface area contributed by atoms with Crippen LogP contribution in [0.5, 0.6) is 0 Å². The van der Waals surface area contributed by atoms with Gasteiger partial charge in [0.15, 0.2) is 0 Å². The second-order valence-electron chi connectivity index (χ2n) is 3.42. The van der Waals surface area contributed by atoms with Gasteiger partial charge in [-0.3, -0.25) is 0 Å². The largest absolute Gasteiger partial charge is 0.327 e. The third-order valence-corrected chi connectivity index (χ3v) is 2.68. The molecule has 1 saturated carbocycles. The van der Waals surface area contributed by atoms with Gasteiger partial charge in [0.05, 0.1) is 0 Å². The summed E-state index contributed by atoms with van der Waals surface area (Å²) in [6.07, 6.45) is 6.07. The zero-order valence-corrected chi connectivity index (χ0v) is 7.69. The third-order valence-electron chi connectivity index (χ3n) is 2.68. The first-order valence-electron chi connectivity index (χ1n) is 4.73. The van der Waals surface area contributed by atoms with E-state index in [2.05, 4.69) is 13.8 Å². The molecule has 0 aliphatic heterocycles. The van der Waals surface area contributed by atoms with Crippen LogP contribution in [-0.2, 0) is 0 Å². The minimum Gasteiger partial charge on any atom is -0.327 e. The maximum absolute atomic E-state index is 5.84. The van der Waals surface area contributed by atoms with Crippen LogP contribution in [0, 0.1) is 0 Å². The Balaban J connectivity index is 2.62. The minimum atomic E-state index is 0.457. The highest BCUT2D eigenvalue weighted by atomic mass is 14.6. The van der Waals surface area contributed by atoms with Crippen molar-refractivity contribution in [1.82, 2.24) is 0 Å². The van der Waals surface area contributed by atoms with Crippen molar-refractivity contribution in [3.63, 3.8) is 0 Å². The first kappa shape index (κ1) is 8.79. The number of rotatable bonds is 2. The quantitative estimate of drug-likeness (QED) is 0.606. The summed E-state index contributed by atoms with van der Waals surface area (Å²) >= 11 is 0. The number of nitrogens with two attached hydrogens (primary N) is 1. The molecule has 0 saturated heterocycles. The summed E-state index contributed by atoms with van der Waals surface area (Å²) in [7, 11) is 0. The average molecular weight is 153 g/mol. The molecule has 1 aliphatic carbocycles. The number of hydrogen-bond donors (Lipinski definition) is 1. The summed E-state index contributed by atoms with van der Waals surface area (Å²) in [5, 5.41) is 0. The monoisotopic (exact) mass is 153 g/mol. The standard InChI is InChI=1S/C10H19N/c1-3-8(4-2)9-5-6-10(11)7-9/h10H,3-7,11H2,1-2H3. The normalized spacial score (nSPS) is 24.3. The third kappa shape index (κ3) is 2.06. The molecule has 1 aliphatic rings. The zero-order valence-electron chi connectivity index (χ0n) is 7.69. The predicted octanol–water partition coefficient (Wildman–Crippen LogP) is 2.61. The Morgan fingerprint density at radius 1 is 1.45 bits per heavy atom. The first-order valence-corrected chi connectivity index (χ1v) is 4.73. The van der Waals surface area contributed by atoms with E-state index in [-0.39, 0.29) is 0 Å². The van der Waals surface area contributed by atoms with E-state index >= 15 is 0 Å². The van der Waals surface area contributed by atoms with Crippen LogP contribution >= 0.6 is 0 Å². The maximum Gasteiger partial charge on any atom is 0.00792 e. The molecule has 0 amide bonds. The molecule has 11 heavy (non-hydrogen) atoms. The highest BCUT2D eigenvalue weighted by Crippen LogP contribution is 2.28. The molecule has 0 bridgehead atoms. The molecule has 1 rings (SSSR count). The van der Waals surface area contributed by atoms with E-state index in [1.807, 2.05) is 0 Å². The van der Waals surface area contributed by atoms with Crippen LogP contribution in [0.4, 0.5) is 0 Å². The molecule has 0 spiro atoms. The summed E-state index contributed by atoms with van der Waals surface area (Å²) in [5.41, 5.74) is 9.14. The van der Waals surface area contributed by atoms with Gasteiger partial charge >= 0.3 is 0 Å². The molecule has 1 atom stereocenters. The van der Waals surface area contributed by atoms with Crippen molar-refractivity contribution in [3.05, 3.63) is 11.1 Å². The van der Waals surface area contributed by atoms with Crippen molar-refractivity contribution in [3.8, 4) is 0 Å². The number of hydrogen-bond acceptors (Lipinski definition) is 1. The molecule has 0 aromatic carbocycles. The van der Waals surface area contributed by atoms with Gasteiger partial charge in [-0.25, -0.2) is 0 Å². The van der Waals surface area contributed by atoms with Crippen molar-refractivity contribution in [2.45, 2.75) is 52.0 Å². The topological polar surface area (TPSA) is 26.0 Å². The Morgan fingerprint density at radius 2 is 2.09 bits per heavy atom. The van der Waals surface area contributed by atoms with Crippen molar-refractivity contribution in [1.29, 1.82) is 0 Å². The lowest BCUT2D eigenvalue weighted by Gasteiger charge is -2.05. The van der Waals surface area contributed by atoms with Gasteiger partial charge in [0, 0.05) is 6.04 Å². The van der Waals surface area contributed by atoms with Crippen molar-refractivity contribution in [2.75, 3.05) is 0 Å². The van der Waals surface area contributed by atoms with Gasteiger partial charge in [-0.15, -0.1) is 0 Å². The molecule has 1 heteroatoms. The van der Waals surface area contributed by atoms with E-state index in [0.717, 1.165) is 6.42 Å². The van der Waals surface area contributed by atoms with Crippen molar-refractivity contribution >= 4 is 0 Å². The Hall–Kier alpha value is -0.300. The van der Waals surface area contributed by atoms with Crippen LogP contribution in [0.3, 0.4) is 0 Å². The summed E-state index contributed by atoms with van der Waals surface area (Å²) in [6, 6.07) is 0.457. The van der Waals surface area contributed by atoms with Gasteiger partial charge < -0.3 is 5.73 Å². The Bertz CT molecular complexity index is 152. The molecule has 0 heterocycles. The van der Waals surface area contributed by atoms with Crippen molar-refractivity contribution in [2.24, 2.45) is 5.73 Å². The van der Waals surface area contributed by atoms with Crippen LogP contribution in [0.1, 0.15) is 46.0 Å². The Morgan fingerprint density at radius 3 is 2.45 bits per heavy atom. The van der Waals surface area contributed by atoms with Crippen LogP contribution < -0.4 is 5.73 Å². The van der Waals surface area contributed by atoms with E-state index in [1.54, 1.807) is 11.1 Å². The molecule has 0 radical (unpaired) electrons. The van der Waals surface area contributed by atoms with E-state index in [0.29, 0.717) is 6.04 Å². The molecule has 1 fully saturated rings. The van der Waals surface area contributed by atoms with Crippen molar-refractivity contribution < 1.29 is 0 Å². The van der Waals surface area contributed by atoms with E-state index in [4.69, 9.17) is 5.73 Å². The van der Waals surface area contributed by atoms with E-state index < -0.39 is 0 Å². The molecule has 0 aromatic heterocycles. The molecule has 2 N–H and O–H groups in total. The van der Waals surface area contributed by atoms with Gasteiger partial charge in [0.2, 0.25) is 0 Å². The molecule has 1 unspecified atom stereocenters. The van der Waals surface area contributed by atoms with Crippen LogP contribution in [0.2, 0.25) is 0 Å². The highest BCUT2D eigenvalue weighted by molar-refractivity contribution is 5.18. The maximum atomic E-state index is 5.84. The lowest BCUT2D eigenvalue weighted by Crippen LogP contribution is -2.13. The van der Waals surface area contributed by atoms with Gasteiger partial charge in [0.25, 0.3) is 0 Å². The first-order chi connectivity index (χ1) is 5.27. The minimum absolute atomic E-state index is 0.457. The van der Waals surface area contributed by atoms with Gasteiger partial charge in [-0.2, -0.15) is 0 Å². The molecule has 0 aromatic rings. The van der Waals surface area contributed by atoms with Crippen LogP contribution in [0.25, 0.3) is 0 Å². The number of allylic oxidation sites excluding steroid dienone is 1. The highest BCUT2D eigenvalue weighted by Gasteiger charge is 2.16. The fourth-order valence-electron chi connectivity index (χ4n) is 1.95. The summed E-state index contributed by atoms with van der Waals surface area (Å²) < 4.78 is 0. The smallest absolute Gasteiger partial charge is 0.00792 e. The van der Waals surface area contributed by atoms with Gasteiger partial charge in [-0.05, 0) is 32.1 Å². The van der Waals surface area contributed by atoms with E-state index in [1.165, 1.54) is 25.7 Å². The average Bonchev–Trinajstić information content (AvgIpc) is 2.39. The zero-order chi connectivity index (χ0) is 8.27. The second-order valence-corrected chi connectivity index (χ2v) is 3.42. The lowest BCUT2D eigenvalue weighted by molar-refractivity contribution is 0.710. The Kier molecular flexibility index (Phi) is 3.13. The summed E-state index contributed by atoms with van der Waals surface area (Å²) in [6.45, 7) is 4.49. The lowest BCUT2D eigenvalue weighted by atomic mass is 10.0. The van der Waals surface area contributed by atoms with Crippen LogP contribution in [-0.4, -0.2) is 6.04 Å². The van der Waals surface area contributed by atoms with Gasteiger partial charge in [-0.1, -0.05) is 25.0 Å². The molecular weight excluding hydrogens is 134 g/mol. The molecule has 1 nitrogen and oxygen atoms in total. The Labute approximate surface area is 69.7 Å².